The summed E-state index contributed by atoms with van der Waals surface area (Å²) in [5, 5.41) is 12.2. The first-order valence-corrected chi connectivity index (χ1v) is 8.94. The highest BCUT2D eigenvalue weighted by Gasteiger charge is 2.19. The molecule has 8 heteroatoms. The van der Waals surface area contributed by atoms with E-state index >= 15 is 0 Å². The molecule has 0 spiro atoms. The van der Waals surface area contributed by atoms with Crippen molar-refractivity contribution >= 4 is 17.5 Å². The van der Waals surface area contributed by atoms with Crippen LogP contribution < -0.4 is 15.0 Å². The molecule has 8 nitrogen and oxygen atoms in total. The smallest absolute Gasteiger partial charge is 0.267 e. The van der Waals surface area contributed by atoms with Crippen LogP contribution in [0.2, 0.25) is 0 Å². The molecule has 0 aliphatic carbocycles. The zero-order valence-corrected chi connectivity index (χ0v) is 15.9. The average Bonchev–Trinajstić information content (AvgIpc) is 2.73. The normalized spacial score (nSPS) is 14.4. The Kier molecular flexibility index (Phi) is 6.07. The molecule has 1 aromatic heterocycles. The van der Waals surface area contributed by atoms with Gasteiger partial charge in [-0.15, -0.1) is 0 Å². The van der Waals surface area contributed by atoms with Gasteiger partial charge >= 0.3 is 0 Å². The number of nitrogens with one attached hydrogen (secondary N) is 1. The number of hydrogen-bond acceptors (Lipinski definition) is 7. The predicted molar refractivity (Wildman–Crippen MR) is 106 cm³/mol. The summed E-state index contributed by atoms with van der Waals surface area (Å²) < 4.78 is 5.27. The lowest BCUT2D eigenvalue weighted by Crippen LogP contribution is -2.45. The molecule has 0 bridgehead atoms. The molecule has 28 heavy (non-hydrogen) atoms. The van der Waals surface area contributed by atoms with Gasteiger partial charge in [-0.2, -0.15) is 5.26 Å². The molecule has 1 aliphatic heterocycles. The third-order valence-corrected chi connectivity index (χ3v) is 4.43. The second-order valence-corrected chi connectivity index (χ2v) is 6.38. The highest BCUT2D eigenvalue weighted by molar-refractivity contribution is 6.07. The van der Waals surface area contributed by atoms with Crippen LogP contribution in [0, 0.1) is 18.3 Å². The first-order chi connectivity index (χ1) is 13.6. The minimum absolute atomic E-state index is 0.0490. The number of hydrogen-bond donors (Lipinski definition) is 1. The van der Waals surface area contributed by atoms with Crippen molar-refractivity contribution in [3.8, 4) is 11.8 Å². The number of piperazine rings is 1. The summed E-state index contributed by atoms with van der Waals surface area (Å²) in [6, 6.07) is 9.26. The van der Waals surface area contributed by atoms with Gasteiger partial charge in [-0.3, -0.25) is 4.79 Å². The number of amides is 1. The molecule has 0 saturated carbocycles. The molecule has 1 fully saturated rings. The maximum absolute atomic E-state index is 12.6. The van der Waals surface area contributed by atoms with Crippen LogP contribution in [0.25, 0.3) is 0 Å². The van der Waals surface area contributed by atoms with Crippen molar-refractivity contribution in [2.45, 2.75) is 6.92 Å². The molecule has 0 radical (unpaired) electrons. The van der Waals surface area contributed by atoms with Crippen LogP contribution in [0.15, 0.2) is 48.4 Å². The standard InChI is InChI=1S/C20H22N6O2/c1-15-4-5-18(28-2)17(12-15)24-19(27)16(13-21)14-25-8-10-26(11-9-25)20-22-6-3-7-23-20/h3-7,12,14H,8-11H2,1-2H3,(H,24,27)/b16-14-. The Morgan fingerprint density at radius 3 is 2.61 bits per heavy atom. The number of methoxy groups -OCH3 is 1. The summed E-state index contributed by atoms with van der Waals surface area (Å²) in [7, 11) is 1.54. The Labute approximate surface area is 164 Å². The summed E-state index contributed by atoms with van der Waals surface area (Å²) in [5.74, 6) is 0.781. The number of benzene rings is 1. The second-order valence-electron chi connectivity index (χ2n) is 6.38. The fourth-order valence-corrected chi connectivity index (χ4v) is 2.94. The van der Waals surface area contributed by atoms with Gasteiger partial charge in [0.2, 0.25) is 5.95 Å². The Bertz CT molecular complexity index is 899. The van der Waals surface area contributed by atoms with E-state index in [0.29, 0.717) is 43.6 Å². The van der Waals surface area contributed by atoms with Crippen molar-refractivity contribution in [1.82, 2.24) is 14.9 Å². The van der Waals surface area contributed by atoms with Crippen molar-refractivity contribution in [3.05, 3.63) is 54.0 Å². The van der Waals surface area contributed by atoms with E-state index in [1.165, 1.54) is 7.11 Å². The van der Waals surface area contributed by atoms with Gasteiger partial charge in [0.05, 0.1) is 12.8 Å². The van der Waals surface area contributed by atoms with Crippen LogP contribution in [0.1, 0.15) is 5.56 Å². The predicted octanol–water partition coefficient (Wildman–Crippen LogP) is 1.96. The van der Waals surface area contributed by atoms with Gasteiger partial charge in [-0.25, -0.2) is 9.97 Å². The van der Waals surface area contributed by atoms with Crippen molar-refractivity contribution < 1.29 is 9.53 Å². The van der Waals surface area contributed by atoms with E-state index in [1.807, 2.05) is 30.0 Å². The third kappa shape index (κ3) is 4.57. The molecular formula is C20H22N6O2. The van der Waals surface area contributed by atoms with Gasteiger partial charge in [-0.05, 0) is 30.7 Å². The Morgan fingerprint density at radius 1 is 1.25 bits per heavy atom. The number of nitriles is 1. The van der Waals surface area contributed by atoms with Crippen LogP contribution in [-0.2, 0) is 4.79 Å². The maximum atomic E-state index is 12.6. The second kappa shape index (κ2) is 8.86. The number of aryl methyl sites for hydroxylation is 1. The molecule has 1 aromatic carbocycles. The van der Waals surface area contributed by atoms with Gasteiger partial charge in [-0.1, -0.05) is 6.07 Å². The topological polar surface area (TPSA) is 94.4 Å². The third-order valence-electron chi connectivity index (χ3n) is 4.43. The van der Waals surface area contributed by atoms with Crippen LogP contribution >= 0.6 is 0 Å². The number of anilines is 2. The van der Waals surface area contributed by atoms with Crippen molar-refractivity contribution in [2.24, 2.45) is 0 Å². The molecule has 2 aromatic rings. The Hall–Kier alpha value is -3.60. The molecule has 1 aliphatic rings. The number of carbonyl (C=O) groups excluding carboxylic acids is 1. The number of rotatable bonds is 5. The first-order valence-electron chi connectivity index (χ1n) is 8.94. The summed E-state index contributed by atoms with van der Waals surface area (Å²) in [6.45, 7) is 4.69. The summed E-state index contributed by atoms with van der Waals surface area (Å²) in [6.07, 6.45) is 5.04. The molecule has 0 unspecified atom stereocenters. The maximum Gasteiger partial charge on any atom is 0.267 e. The molecule has 0 atom stereocenters. The molecular weight excluding hydrogens is 356 g/mol. The first kappa shape index (κ1) is 19.2. The number of carbonyl (C=O) groups is 1. The van der Waals surface area contributed by atoms with Crippen molar-refractivity contribution in [1.29, 1.82) is 5.26 Å². The fraction of sp³-hybridized carbons (Fsp3) is 0.300. The van der Waals surface area contributed by atoms with Crippen molar-refractivity contribution in [2.75, 3.05) is 43.5 Å². The lowest BCUT2D eigenvalue weighted by atomic mass is 10.2. The minimum Gasteiger partial charge on any atom is -0.495 e. The van der Waals surface area contributed by atoms with E-state index in [1.54, 1.807) is 30.7 Å². The SMILES string of the molecule is COc1ccc(C)cc1NC(=O)/C(C#N)=C\N1CCN(c2ncccn2)CC1. The van der Waals surface area contributed by atoms with Crippen molar-refractivity contribution in [3.63, 3.8) is 0 Å². The average molecular weight is 378 g/mol. The van der Waals surface area contributed by atoms with E-state index in [0.717, 1.165) is 5.56 Å². The molecule has 1 N–H and O–H groups in total. The van der Waals surface area contributed by atoms with Crippen LogP contribution in [0.5, 0.6) is 5.75 Å². The quantitative estimate of drug-likeness (QED) is 0.628. The van der Waals surface area contributed by atoms with Gasteiger partial charge < -0.3 is 19.9 Å². The molecule has 144 valence electrons. The van der Waals surface area contributed by atoms with Crippen LogP contribution in [0.4, 0.5) is 11.6 Å². The van der Waals surface area contributed by atoms with E-state index < -0.39 is 5.91 Å². The highest BCUT2D eigenvalue weighted by Crippen LogP contribution is 2.25. The van der Waals surface area contributed by atoms with E-state index in [9.17, 15) is 10.1 Å². The van der Waals surface area contributed by atoms with Gasteiger partial charge in [0.1, 0.15) is 17.4 Å². The lowest BCUT2D eigenvalue weighted by molar-refractivity contribution is -0.112. The van der Waals surface area contributed by atoms with E-state index in [4.69, 9.17) is 4.74 Å². The summed E-state index contributed by atoms with van der Waals surface area (Å²) in [4.78, 5) is 25.1. The number of ether oxygens (including phenoxy) is 1. The zero-order valence-electron chi connectivity index (χ0n) is 15.9. The van der Waals surface area contributed by atoms with Crippen LogP contribution in [-0.4, -0.2) is 54.1 Å². The molecule has 3 rings (SSSR count). The fourth-order valence-electron chi connectivity index (χ4n) is 2.94. The van der Waals surface area contributed by atoms with E-state index in [2.05, 4.69) is 20.2 Å². The number of aromatic nitrogens is 2. The lowest BCUT2D eigenvalue weighted by Gasteiger charge is -2.34. The molecule has 1 saturated heterocycles. The van der Waals surface area contributed by atoms with Gasteiger partial charge in [0.25, 0.3) is 5.91 Å². The van der Waals surface area contributed by atoms with Gasteiger partial charge in [0, 0.05) is 44.8 Å². The largest absolute Gasteiger partial charge is 0.495 e. The Morgan fingerprint density at radius 2 is 1.96 bits per heavy atom. The number of nitrogens with zero attached hydrogens (tertiary/aromatic N) is 5. The minimum atomic E-state index is -0.458. The van der Waals surface area contributed by atoms with Crippen LogP contribution in [0.3, 0.4) is 0 Å². The molecule has 1 amide bonds. The van der Waals surface area contributed by atoms with E-state index in [-0.39, 0.29) is 5.57 Å². The Balaban J connectivity index is 1.65. The highest BCUT2D eigenvalue weighted by atomic mass is 16.5. The van der Waals surface area contributed by atoms with Gasteiger partial charge in [0.15, 0.2) is 0 Å². The monoisotopic (exact) mass is 378 g/mol. The summed E-state index contributed by atoms with van der Waals surface area (Å²) in [5.41, 5.74) is 1.57. The zero-order chi connectivity index (χ0) is 19.9. The summed E-state index contributed by atoms with van der Waals surface area (Å²) >= 11 is 0. The molecule has 2 heterocycles.